The summed E-state index contributed by atoms with van der Waals surface area (Å²) in [5, 5.41) is 7.30. The minimum Gasteiger partial charge on any atom is -0.369 e. The number of amides is 1. The number of pyridine rings is 1. The average molecular weight is 584 g/mol. The zero-order valence-electron chi connectivity index (χ0n) is 25.0. The van der Waals surface area contributed by atoms with E-state index in [1.165, 1.54) is 0 Å². The van der Waals surface area contributed by atoms with Crippen LogP contribution < -0.4 is 21.1 Å². The van der Waals surface area contributed by atoms with Gasteiger partial charge in [-0.05, 0) is 104 Å². The molecule has 6 rings (SSSR count). The van der Waals surface area contributed by atoms with Gasteiger partial charge in [0.25, 0.3) is 11.5 Å². The summed E-state index contributed by atoms with van der Waals surface area (Å²) in [5.41, 5.74) is 6.99. The first kappa shape index (κ1) is 28.5. The summed E-state index contributed by atoms with van der Waals surface area (Å²) < 4.78 is 1.96. The highest BCUT2D eigenvalue weighted by Crippen LogP contribution is 2.39. The van der Waals surface area contributed by atoms with Crippen LogP contribution in [0.15, 0.2) is 59.4 Å². The number of thiocarbonyl (C=S) groups is 1. The summed E-state index contributed by atoms with van der Waals surface area (Å²) in [4.78, 5) is 30.7. The van der Waals surface area contributed by atoms with Crippen molar-refractivity contribution in [2.75, 3.05) is 41.7 Å². The third kappa shape index (κ3) is 5.95. The zero-order chi connectivity index (χ0) is 29.5. The maximum Gasteiger partial charge on any atom is 0.253 e. The second-order valence-corrected chi connectivity index (χ2v) is 13.4. The van der Waals surface area contributed by atoms with Crippen LogP contribution in [0.25, 0.3) is 0 Å². The molecule has 2 fully saturated rings. The van der Waals surface area contributed by atoms with Crippen molar-refractivity contribution in [2.24, 2.45) is 17.8 Å². The van der Waals surface area contributed by atoms with E-state index >= 15 is 0 Å². The van der Waals surface area contributed by atoms with Crippen LogP contribution >= 0.6 is 12.2 Å². The molecule has 3 aromatic rings. The van der Waals surface area contributed by atoms with Crippen molar-refractivity contribution >= 4 is 40.3 Å². The fraction of sp³-hybridized carbons (Fsp3) is 0.441. The standard InChI is InChI=1S/C34H41N5O2S/c1-21-10-22(2)13-28(12-21)35-34(42)36-29-15-26(33(41)38-16-23(3)11-24(4)17-38)8-9-31(29)37-18-25-14-27(20-37)30-6-5-7-32(40)39(30)19-25/h5-10,12-13,15,23-25,27H,11,14,16-20H2,1-4H3,(H2,35,36,42)/t23-,24+,25-,27+/m1/s1. The number of hydrogen-bond acceptors (Lipinski definition) is 4. The van der Waals surface area contributed by atoms with Crippen LogP contribution in [0, 0.1) is 31.6 Å². The lowest BCUT2D eigenvalue weighted by molar-refractivity contribution is 0.0623. The number of likely N-dealkylation sites (tertiary alicyclic amines) is 1. The van der Waals surface area contributed by atoms with Crippen molar-refractivity contribution in [3.8, 4) is 0 Å². The smallest absolute Gasteiger partial charge is 0.253 e. The van der Waals surface area contributed by atoms with Crippen molar-refractivity contribution in [3.63, 3.8) is 0 Å². The minimum absolute atomic E-state index is 0.0694. The molecule has 2 saturated heterocycles. The second kappa shape index (κ2) is 11.6. The van der Waals surface area contributed by atoms with Gasteiger partial charge in [0, 0.05) is 61.7 Å². The molecule has 0 saturated carbocycles. The van der Waals surface area contributed by atoms with Crippen LogP contribution in [0.1, 0.15) is 59.8 Å². The number of aryl methyl sites for hydroxylation is 2. The van der Waals surface area contributed by atoms with Gasteiger partial charge in [0.2, 0.25) is 0 Å². The molecule has 1 amide bonds. The molecule has 0 unspecified atom stereocenters. The van der Waals surface area contributed by atoms with Gasteiger partial charge in [0.1, 0.15) is 0 Å². The van der Waals surface area contributed by atoms with Crippen LogP contribution in [0.5, 0.6) is 0 Å². The lowest BCUT2D eigenvalue weighted by atomic mass is 9.83. The van der Waals surface area contributed by atoms with E-state index < -0.39 is 0 Å². The van der Waals surface area contributed by atoms with Gasteiger partial charge in [0.15, 0.2) is 5.11 Å². The molecule has 2 aromatic carbocycles. The van der Waals surface area contributed by atoms with E-state index in [1.807, 2.05) is 27.7 Å². The highest BCUT2D eigenvalue weighted by molar-refractivity contribution is 7.80. The van der Waals surface area contributed by atoms with E-state index in [1.54, 1.807) is 6.07 Å². The van der Waals surface area contributed by atoms with Crippen molar-refractivity contribution in [2.45, 2.75) is 53.0 Å². The molecule has 2 N–H and O–H groups in total. The molecule has 4 heterocycles. The third-order valence-corrected chi connectivity index (χ3v) is 9.15. The first-order valence-electron chi connectivity index (χ1n) is 15.2. The van der Waals surface area contributed by atoms with Crippen LogP contribution in [-0.4, -0.2) is 46.7 Å². The highest BCUT2D eigenvalue weighted by Gasteiger charge is 2.35. The molecule has 0 spiro atoms. The molecule has 220 valence electrons. The molecular formula is C34H41N5O2S. The lowest BCUT2D eigenvalue weighted by Crippen LogP contribution is -2.47. The van der Waals surface area contributed by atoms with Gasteiger partial charge < -0.3 is 25.0 Å². The fourth-order valence-corrected chi connectivity index (χ4v) is 7.71. The quantitative estimate of drug-likeness (QED) is 0.367. The zero-order valence-corrected chi connectivity index (χ0v) is 25.8. The predicted octanol–water partition coefficient (Wildman–Crippen LogP) is 6.02. The van der Waals surface area contributed by atoms with E-state index in [0.717, 1.165) is 79.4 Å². The SMILES string of the molecule is Cc1cc(C)cc(NC(=S)Nc2cc(C(=O)N3C[C@H](C)C[C@H](C)C3)ccc2N2C[C@H]3C[C@@H](C2)c2cccc(=O)n2C3)c1. The summed E-state index contributed by atoms with van der Waals surface area (Å²) in [6.45, 7) is 12.6. The Morgan fingerprint density at radius 2 is 1.60 bits per heavy atom. The maximum absolute atomic E-state index is 13.7. The molecule has 0 radical (unpaired) electrons. The third-order valence-electron chi connectivity index (χ3n) is 8.95. The van der Waals surface area contributed by atoms with Crippen LogP contribution in [0.4, 0.5) is 17.1 Å². The Bertz CT molecular complexity index is 1550. The van der Waals surface area contributed by atoms with E-state index in [2.05, 4.69) is 73.6 Å². The molecule has 2 bridgehead atoms. The molecule has 1 aromatic heterocycles. The summed E-state index contributed by atoms with van der Waals surface area (Å²) in [6.07, 6.45) is 2.23. The van der Waals surface area contributed by atoms with Crippen molar-refractivity contribution in [3.05, 3.63) is 87.3 Å². The molecule has 42 heavy (non-hydrogen) atoms. The van der Waals surface area contributed by atoms with Gasteiger partial charge in [-0.2, -0.15) is 0 Å². The van der Waals surface area contributed by atoms with Gasteiger partial charge >= 0.3 is 0 Å². The summed E-state index contributed by atoms with van der Waals surface area (Å²) in [6, 6.07) is 17.9. The number of carbonyl (C=O) groups is 1. The Labute approximate surface area is 253 Å². The number of hydrogen-bond donors (Lipinski definition) is 2. The summed E-state index contributed by atoms with van der Waals surface area (Å²) >= 11 is 5.80. The predicted molar refractivity (Wildman–Crippen MR) is 175 cm³/mol. The summed E-state index contributed by atoms with van der Waals surface area (Å²) in [5.74, 6) is 1.71. The number of nitrogens with one attached hydrogen (secondary N) is 2. The van der Waals surface area contributed by atoms with E-state index in [9.17, 15) is 9.59 Å². The topological polar surface area (TPSA) is 69.6 Å². The fourth-order valence-electron chi connectivity index (χ4n) is 7.48. The molecule has 4 atom stereocenters. The lowest BCUT2D eigenvalue weighted by Gasteiger charge is -2.44. The van der Waals surface area contributed by atoms with Crippen LogP contribution in [-0.2, 0) is 6.54 Å². The first-order chi connectivity index (χ1) is 20.1. The normalized spacial score (nSPS) is 23.2. The number of fused-ring (bicyclic) bond motifs is 4. The monoisotopic (exact) mass is 583 g/mol. The Hall–Kier alpha value is -3.65. The first-order valence-corrected chi connectivity index (χ1v) is 15.6. The molecule has 7 nitrogen and oxygen atoms in total. The largest absolute Gasteiger partial charge is 0.369 e. The van der Waals surface area contributed by atoms with Crippen molar-refractivity contribution in [1.29, 1.82) is 0 Å². The van der Waals surface area contributed by atoms with Crippen LogP contribution in [0.3, 0.4) is 0 Å². The van der Waals surface area contributed by atoms with Crippen molar-refractivity contribution < 1.29 is 4.79 Å². The Kier molecular flexibility index (Phi) is 7.83. The number of rotatable bonds is 4. The second-order valence-electron chi connectivity index (χ2n) is 12.9. The Morgan fingerprint density at radius 3 is 2.33 bits per heavy atom. The molecule has 3 aliphatic heterocycles. The highest BCUT2D eigenvalue weighted by atomic mass is 32.1. The van der Waals surface area contributed by atoms with Crippen LogP contribution in [0.2, 0.25) is 0 Å². The van der Waals surface area contributed by atoms with Gasteiger partial charge in [0.05, 0.1) is 11.4 Å². The van der Waals surface area contributed by atoms with Gasteiger partial charge in [-0.3, -0.25) is 9.59 Å². The van der Waals surface area contributed by atoms with Crippen molar-refractivity contribution in [1.82, 2.24) is 9.47 Å². The molecule has 0 aliphatic carbocycles. The number of carbonyl (C=O) groups excluding carboxylic acids is 1. The minimum atomic E-state index is 0.0694. The van der Waals surface area contributed by atoms with E-state index in [0.29, 0.717) is 28.4 Å². The number of piperidine rings is 2. The number of nitrogens with zero attached hydrogens (tertiary/aromatic N) is 3. The van der Waals surface area contributed by atoms with Gasteiger partial charge in [-0.15, -0.1) is 0 Å². The number of aromatic nitrogens is 1. The molecular weight excluding hydrogens is 542 g/mol. The van der Waals surface area contributed by atoms with E-state index in [4.69, 9.17) is 12.2 Å². The Morgan fingerprint density at radius 1 is 0.857 bits per heavy atom. The number of benzene rings is 2. The number of anilines is 3. The van der Waals surface area contributed by atoms with E-state index in [-0.39, 0.29) is 17.4 Å². The molecule has 8 heteroatoms. The summed E-state index contributed by atoms with van der Waals surface area (Å²) in [7, 11) is 0. The van der Waals surface area contributed by atoms with Gasteiger partial charge in [-0.1, -0.05) is 26.0 Å². The maximum atomic E-state index is 13.7. The van der Waals surface area contributed by atoms with Gasteiger partial charge in [-0.25, -0.2) is 0 Å². The average Bonchev–Trinajstić information content (AvgIpc) is 2.92. The Balaban J connectivity index is 1.31. The molecule has 3 aliphatic rings.